The van der Waals surface area contributed by atoms with Crippen LogP contribution in [0.25, 0.3) is 0 Å². The zero-order valence-electron chi connectivity index (χ0n) is 12.4. The number of fused-ring (bicyclic) bond motifs is 4. The average molecular weight is 264 g/mol. The van der Waals surface area contributed by atoms with Crippen LogP contribution in [0.15, 0.2) is 0 Å². The Labute approximate surface area is 115 Å². The normalized spacial score (nSPS) is 47.8. The van der Waals surface area contributed by atoms with E-state index < -0.39 is 5.60 Å². The average Bonchev–Trinajstić information content (AvgIpc) is 2.75. The van der Waals surface area contributed by atoms with Crippen molar-refractivity contribution in [2.24, 2.45) is 29.1 Å². The van der Waals surface area contributed by atoms with E-state index in [4.69, 9.17) is 4.74 Å². The van der Waals surface area contributed by atoms with Crippen LogP contribution >= 0.6 is 0 Å². The Hall–Kier alpha value is -0.860. The molecule has 0 saturated heterocycles. The molecule has 0 aromatic heterocycles. The second-order valence-corrected chi connectivity index (χ2v) is 7.32. The quantitative estimate of drug-likeness (QED) is 0.720. The number of rotatable bonds is 2. The molecule has 0 aromatic carbocycles. The Morgan fingerprint density at radius 2 is 2.05 bits per heavy atom. The maximum Gasteiger partial charge on any atom is 0.303 e. The molecule has 0 aliphatic heterocycles. The van der Waals surface area contributed by atoms with Gasteiger partial charge >= 0.3 is 5.97 Å². The summed E-state index contributed by atoms with van der Waals surface area (Å²) in [5, 5.41) is 0. The monoisotopic (exact) mass is 264 g/mol. The van der Waals surface area contributed by atoms with Gasteiger partial charge in [-0.3, -0.25) is 9.59 Å². The van der Waals surface area contributed by atoms with Gasteiger partial charge in [0, 0.05) is 18.8 Å². The number of ketones is 1. The smallest absolute Gasteiger partial charge is 0.303 e. The van der Waals surface area contributed by atoms with E-state index in [-0.39, 0.29) is 17.3 Å². The van der Waals surface area contributed by atoms with E-state index in [2.05, 4.69) is 20.8 Å². The van der Waals surface area contributed by atoms with Crippen LogP contribution in [0, 0.1) is 29.1 Å². The highest BCUT2D eigenvalue weighted by atomic mass is 16.6. The van der Waals surface area contributed by atoms with Gasteiger partial charge in [0.25, 0.3) is 0 Å². The van der Waals surface area contributed by atoms with E-state index in [1.807, 2.05) is 0 Å². The molecule has 3 saturated carbocycles. The van der Waals surface area contributed by atoms with Gasteiger partial charge in [0.2, 0.25) is 0 Å². The summed E-state index contributed by atoms with van der Waals surface area (Å²) in [4.78, 5) is 23.8. The van der Waals surface area contributed by atoms with Crippen LogP contribution in [-0.2, 0) is 14.3 Å². The van der Waals surface area contributed by atoms with Gasteiger partial charge in [0.15, 0.2) is 0 Å². The molecule has 0 spiro atoms. The zero-order valence-corrected chi connectivity index (χ0v) is 12.4. The number of esters is 1. The van der Waals surface area contributed by atoms with Crippen LogP contribution < -0.4 is 0 Å². The third-order valence-electron chi connectivity index (χ3n) is 6.29. The van der Waals surface area contributed by atoms with Gasteiger partial charge in [-0.25, -0.2) is 0 Å². The summed E-state index contributed by atoms with van der Waals surface area (Å²) in [5.74, 6) is 1.73. The SMILES string of the molecule is CC(=O)O[C@@]12CCC(=O)[C@@H]1[C@H]1[C@H](C(C)C)CC[C@]12C. The van der Waals surface area contributed by atoms with Crippen molar-refractivity contribution in [2.75, 3.05) is 0 Å². The molecule has 3 nitrogen and oxygen atoms in total. The Balaban J connectivity index is 1.99. The Bertz CT molecular complexity index is 441. The Morgan fingerprint density at radius 3 is 2.63 bits per heavy atom. The predicted octanol–water partition coefficient (Wildman–Crippen LogP) is 2.97. The first-order valence-electron chi connectivity index (χ1n) is 7.56. The van der Waals surface area contributed by atoms with Crippen molar-refractivity contribution < 1.29 is 14.3 Å². The molecule has 3 aliphatic rings. The standard InChI is InChI=1S/C16H24O3/c1-9(2)11-5-7-15(4)13(11)14-12(18)6-8-16(14,15)19-10(3)17/h9,11,13-14H,5-8H2,1-4H3/t11-,13+,14+,15+,16-/m0/s1. The molecule has 0 N–H and O–H groups in total. The lowest BCUT2D eigenvalue weighted by Gasteiger charge is -2.62. The Morgan fingerprint density at radius 1 is 1.37 bits per heavy atom. The molecule has 0 bridgehead atoms. The highest BCUT2D eigenvalue weighted by Gasteiger charge is 2.78. The maximum atomic E-state index is 12.3. The fraction of sp³-hybridized carbons (Fsp3) is 0.875. The van der Waals surface area contributed by atoms with Crippen LogP contribution in [0.2, 0.25) is 0 Å². The summed E-state index contributed by atoms with van der Waals surface area (Å²) in [7, 11) is 0. The fourth-order valence-electron chi connectivity index (χ4n) is 5.54. The first-order valence-corrected chi connectivity index (χ1v) is 7.56. The summed E-state index contributed by atoms with van der Waals surface area (Å²) < 4.78 is 5.75. The molecule has 0 radical (unpaired) electrons. The number of carbonyl (C=O) groups excluding carboxylic acids is 2. The van der Waals surface area contributed by atoms with Crippen molar-refractivity contribution in [1.82, 2.24) is 0 Å². The lowest BCUT2D eigenvalue weighted by molar-refractivity contribution is -0.250. The van der Waals surface area contributed by atoms with Gasteiger partial charge in [-0.15, -0.1) is 0 Å². The minimum Gasteiger partial charge on any atom is -0.458 e. The minimum absolute atomic E-state index is 0.0173. The molecule has 3 rings (SSSR count). The van der Waals surface area contributed by atoms with Gasteiger partial charge < -0.3 is 4.74 Å². The molecule has 0 unspecified atom stereocenters. The highest BCUT2D eigenvalue weighted by Crippen LogP contribution is 2.74. The largest absolute Gasteiger partial charge is 0.458 e. The molecule has 3 fully saturated rings. The molecule has 0 heterocycles. The van der Waals surface area contributed by atoms with Crippen LogP contribution in [0.1, 0.15) is 53.4 Å². The second kappa shape index (κ2) is 3.83. The molecule has 3 heteroatoms. The van der Waals surface area contributed by atoms with Crippen LogP contribution in [-0.4, -0.2) is 17.4 Å². The van der Waals surface area contributed by atoms with Gasteiger partial charge in [0.1, 0.15) is 11.4 Å². The summed E-state index contributed by atoms with van der Waals surface area (Å²) in [6, 6.07) is 0. The van der Waals surface area contributed by atoms with Crippen LogP contribution in [0.4, 0.5) is 0 Å². The van der Waals surface area contributed by atoms with E-state index >= 15 is 0 Å². The van der Waals surface area contributed by atoms with Crippen molar-refractivity contribution >= 4 is 11.8 Å². The summed E-state index contributed by atoms with van der Waals surface area (Å²) in [6.07, 6.45) is 3.60. The number of hydrogen-bond donors (Lipinski definition) is 0. The lowest BCUT2D eigenvalue weighted by atomic mass is 9.44. The number of ether oxygens (including phenoxy) is 1. The first-order chi connectivity index (χ1) is 8.83. The van der Waals surface area contributed by atoms with E-state index in [9.17, 15) is 9.59 Å². The summed E-state index contributed by atoms with van der Waals surface area (Å²) in [6.45, 7) is 8.22. The van der Waals surface area contributed by atoms with Gasteiger partial charge in [-0.2, -0.15) is 0 Å². The summed E-state index contributed by atoms with van der Waals surface area (Å²) in [5.41, 5.74) is -0.436. The summed E-state index contributed by atoms with van der Waals surface area (Å²) >= 11 is 0. The molecule has 0 aromatic rings. The molecular formula is C16H24O3. The predicted molar refractivity (Wildman–Crippen MR) is 71.4 cm³/mol. The zero-order chi connectivity index (χ0) is 14.0. The van der Waals surface area contributed by atoms with Crippen molar-refractivity contribution in [3.63, 3.8) is 0 Å². The molecule has 5 atom stereocenters. The molecule has 3 aliphatic carbocycles. The molecular weight excluding hydrogens is 240 g/mol. The van der Waals surface area contributed by atoms with Gasteiger partial charge in [0.05, 0.1) is 5.92 Å². The van der Waals surface area contributed by atoms with E-state index in [1.54, 1.807) is 0 Å². The lowest BCUT2D eigenvalue weighted by Crippen LogP contribution is -2.69. The van der Waals surface area contributed by atoms with Gasteiger partial charge in [-0.1, -0.05) is 20.8 Å². The van der Waals surface area contributed by atoms with E-state index in [0.717, 1.165) is 12.8 Å². The van der Waals surface area contributed by atoms with Crippen LogP contribution in [0.3, 0.4) is 0 Å². The Kier molecular flexibility index (Phi) is 2.65. The first kappa shape index (κ1) is 13.1. The van der Waals surface area contributed by atoms with E-state index in [0.29, 0.717) is 30.0 Å². The highest BCUT2D eigenvalue weighted by molar-refractivity contribution is 5.88. The maximum absolute atomic E-state index is 12.3. The number of Topliss-reactive ketones (excluding diaryl/α,β-unsaturated/α-hetero) is 1. The van der Waals surface area contributed by atoms with Crippen LogP contribution in [0.5, 0.6) is 0 Å². The third-order valence-corrected chi connectivity index (χ3v) is 6.29. The minimum atomic E-state index is -0.468. The third kappa shape index (κ3) is 1.39. The fourth-order valence-corrected chi connectivity index (χ4v) is 5.54. The van der Waals surface area contributed by atoms with Crippen molar-refractivity contribution in [2.45, 2.75) is 59.0 Å². The molecule has 19 heavy (non-hydrogen) atoms. The van der Waals surface area contributed by atoms with Crippen molar-refractivity contribution in [1.29, 1.82) is 0 Å². The number of hydrogen-bond acceptors (Lipinski definition) is 3. The second-order valence-electron chi connectivity index (χ2n) is 7.32. The van der Waals surface area contributed by atoms with E-state index in [1.165, 1.54) is 13.3 Å². The topological polar surface area (TPSA) is 43.4 Å². The molecule has 0 amide bonds. The number of carbonyl (C=O) groups is 2. The van der Waals surface area contributed by atoms with Crippen molar-refractivity contribution in [3.05, 3.63) is 0 Å². The van der Waals surface area contributed by atoms with Crippen molar-refractivity contribution in [3.8, 4) is 0 Å². The molecule has 106 valence electrons. The van der Waals surface area contributed by atoms with Gasteiger partial charge in [-0.05, 0) is 37.0 Å².